The molecule has 0 fully saturated rings. The molecule has 22 heavy (non-hydrogen) atoms. The largest absolute Gasteiger partial charge is 0.449 e. The van der Waals surface area contributed by atoms with Crippen molar-refractivity contribution in [2.24, 2.45) is 10.7 Å². The standard InChI is InChI=1S/C13H14F5N3O/c1-11(13(16,17)18)5-12(6-14,21-10(20)22-11)8-4-7(19)2-3-9(8)15/h2-4H,5-6,19H2,1H3,(H2,20,21)/t11-,12+/m1/s1. The first-order chi connectivity index (χ1) is 10.0. The van der Waals surface area contributed by atoms with E-state index in [4.69, 9.17) is 11.5 Å². The van der Waals surface area contributed by atoms with Gasteiger partial charge in [0.05, 0.1) is 0 Å². The van der Waals surface area contributed by atoms with Gasteiger partial charge >= 0.3 is 6.18 Å². The van der Waals surface area contributed by atoms with E-state index in [1.165, 1.54) is 6.07 Å². The summed E-state index contributed by atoms with van der Waals surface area (Å²) in [5.74, 6) is -0.921. The van der Waals surface area contributed by atoms with Gasteiger partial charge in [0.1, 0.15) is 18.0 Å². The van der Waals surface area contributed by atoms with E-state index in [9.17, 15) is 22.0 Å². The number of aliphatic imine (C=N–C) groups is 1. The van der Waals surface area contributed by atoms with E-state index in [-0.39, 0.29) is 5.69 Å². The first kappa shape index (κ1) is 16.3. The molecular weight excluding hydrogens is 309 g/mol. The van der Waals surface area contributed by atoms with Crippen molar-refractivity contribution in [3.05, 3.63) is 29.6 Å². The zero-order chi connectivity index (χ0) is 16.8. The number of amidine groups is 1. The molecule has 0 bridgehead atoms. The van der Waals surface area contributed by atoms with Gasteiger partial charge in [-0.15, -0.1) is 0 Å². The highest BCUT2D eigenvalue weighted by molar-refractivity contribution is 5.74. The number of ether oxygens (including phenoxy) is 1. The second-order valence-electron chi connectivity index (χ2n) is 5.36. The SMILES string of the molecule is C[C@]1(C(F)(F)F)C[C@](CF)(c2cc(N)ccc2F)N=C(N)O1. The lowest BCUT2D eigenvalue weighted by Crippen LogP contribution is -2.56. The number of hydrogen-bond donors (Lipinski definition) is 2. The number of halogens is 5. The van der Waals surface area contributed by atoms with Crippen LogP contribution in [0.5, 0.6) is 0 Å². The number of alkyl halides is 4. The van der Waals surface area contributed by atoms with Gasteiger partial charge in [0.15, 0.2) is 0 Å². The van der Waals surface area contributed by atoms with E-state index in [0.717, 1.165) is 12.1 Å². The highest BCUT2D eigenvalue weighted by Crippen LogP contribution is 2.47. The maximum absolute atomic E-state index is 14.0. The minimum absolute atomic E-state index is 0.0678. The first-order valence-corrected chi connectivity index (χ1v) is 6.25. The number of rotatable bonds is 2. The Kier molecular flexibility index (Phi) is 3.70. The van der Waals surface area contributed by atoms with Crippen LogP contribution in [0.15, 0.2) is 23.2 Å². The highest BCUT2D eigenvalue weighted by Gasteiger charge is 2.61. The molecule has 0 aromatic heterocycles. The third-order valence-electron chi connectivity index (χ3n) is 3.60. The monoisotopic (exact) mass is 323 g/mol. The molecule has 9 heteroatoms. The summed E-state index contributed by atoms with van der Waals surface area (Å²) in [5.41, 5.74) is 5.54. The summed E-state index contributed by atoms with van der Waals surface area (Å²) in [6, 6.07) is 2.34. The molecule has 2 atom stereocenters. The predicted octanol–water partition coefficient (Wildman–Crippen LogP) is 2.63. The number of nitrogen functional groups attached to an aromatic ring is 1. The van der Waals surface area contributed by atoms with E-state index in [1.807, 2.05) is 0 Å². The molecule has 0 amide bonds. The molecule has 0 spiro atoms. The summed E-state index contributed by atoms with van der Waals surface area (Å²) in [7, 11) is 0. The molecule has 0 radical (unpaired) electrons. The number of benzene rings is 1. The second-order valence-corrected chi connectivity index (χ2v) is 5.36. The number of anilines is 1. The van der Waals surface area contributed by atoms with Crippen LogP contribution in [0, 0.1) is 5.82 Å². The zero-order valence-electron chi connectivity index (χ0n) is 11.5. The van der Waals surface area contributed by atoms with Gasteiger partial charge in [-0.2, -0.15) is 13.2 Å². The number of hydrogen-bond acceptors (Lipinski definition) is 4. The van der Waals surface area contributed by atoms with E-state index >= 15 is 0 Å². The Morgan fingerprint density at radius 1 is 1.32 bits per heavy atom. The molecule has 0 saturated carbocycles. The Bertz CT molecular complexity index is 618. The lowest BCUT2D eigenvalue weighted by atomic mass is 9.79. The minimum Gasteiger partial charge on any atom is -0.449 e. The van der Waals surface area contributed by atoms with Crippen LogP contribution in [-0.4, -0.2) is 24.5 Å². The van der Waals surface area contributed by atoms with Crippen molar-refractivity contribution in [2.45, 2.75) is 30.7 Å². The molecule has 1 aromatic rings. The topological polar surface area (TPSA) is 73.6 Å². The van der Waals surface area contributed by atoms with E-state index < -0.39 is 47.8 Å². The Morgan fingerprint density at radius 3 is 2.50 bits per heavy atom. The third kappa shape index (κ3) is 2.55. The molecule has 0 unspecified atom stereocenters. The minimum atomic E-state index is -4.84. The molecule has 2 rings (SSSR count). The Hall–Kier alpha value is -2.06. The number of nitrogens with two attached hydrogens (primary N) is 2. The van der Waals surface area contributed by atoms with Crippen LogP contribution in [-0.2, 0) is 10.3 Å². The van der Waals surface area contributed by atoms with Crippen molar-refractivity contribution in [2.75, 3.05) is 12.4 Å². The number of nitrogens with zero attached hydrogens (tertiary/aromatic N) is 1. The summed E-state index contributed by atoms with van der Waals surface area (Å²) < 4.78 is 71.8. The molecule has 4 nitrogen and oxygen atoms in total. The first-order valence-electron chi connectivity index (χ1n) is 6.25. The van der Waals surface area contributed by atoms with Crippen molar-refractivity contribution in [3.8, 4) is 0 Å². The van der Waals surface area contributed by atoms with E-state index in [1.54, 1.807) is 0 Å². The molecule has 1 aliphatic heterocycles. The van der Waals surface area contributed by atoms with Crippen molar-refractivity contribution >= 4 is 11.7 Å². The normalized spacial score (nSPS) is 28.9. The Balaban J connectivity index is 2.63. The molecule has 1 aliphatic rings. The molecule has 0 saturated heterocycles. The van der Waals surface area contributed by atoms with E-state index in [2.05, 4.69) is 9.73 Å². The van der Waals surface area contributed by atoms with Crippen LogP contribution in [0.2, 0.25) is 0 Å². The summed E-state index contributed by atoms with van der Waals surface area (Å²) in [4.78, 5) is 3.62. The molecular formula is C13H14F5N3O. The fraction of sp³-hybridized carbons (Fsp3) is 0.462. The Labute approximate surface area is 122 Å². The van der Waals surface area contributed by atoms with Gasteiger partial charge in [0, 0.05) is 17.7 Å². The lowest BCUT2D eigenvalue weighted by Gasteiger charge is -2.42. The Morgan fingerprint density at radius 2 is 1.95 bits per heavy atom. The summed E-state index contributed by atoms with van der Waals surface area (Å²) in [5, 5.41) is 0. The van der Waals surface area contributed by atoms with Gasteiger partial charge in [-0.05, 0) is 25.1 Å². The fourth-order valence-corrected chi connectivity index (χ4v) is 2.46. The maximum Gasteiger partial charge on any atom is 0.428 e. The quantitative estimate of drug-likeness (QED) is 0.649. The third-order valence-corrected chi connectivity index (χ3v) is 3.60. The smallest absolute Gasteiger partial charge is 0.428 e. The average Bonchev–Trinajstić information content (AvgIpc) is 2.39. The zero-order valence-corrected chi connectivity index (χ0v) is 11.5. The van der Waals surface area contributed by atoms with Crippen LogP contribution in [0.4, 0.5) is 27.6 Å². The summed E-state index contributed by atoms with van der Waals surface area (Å²) >= 11 is 0. The molecule has 4 N–H and O–H groups in total. The van der Waals surface area contributed by atoms with Crippen molar-refractivity contribution in [1.29, 1.82) is 0 Å². The van der Waals surface area contributed by atoms with Crippen molar-refractivity contribution < 1.29 is 26.7 Å². The average molecular weight is 323 g/mol. The van der Waals surface area contributed by atoms with Gasteiger partial charge in [0.25, 0.3) is 6.02 Å². The van der Waals surface area contributed by atoms with Crippen LogP contribution in [0.3, 0.4) is 0 Å². The molecule has 0 aliphatic carbocycles. The van der Waals surface area contributed by atoms with Crippen LogP contribution >= 0.6 is 0 Å². The van der Waals surface area contributed by atoms with E-state index in [0.29, 0.717) is 6.92 Å². The predicted molar refractivity (Wildman–Crippen MR) is 70.2 cm³/mol. The van der Waals surface area contributed by atoms with Gasteiger partial charge in [-0.1, -0.05) is 0 Å². The second kappa shape index (κ2) is 4.99. The van der Waals surface area contributed by atoms with Crippen LogP contribution < -0.4 is 11.5 Å². The van der Waals surface area contributed by atoms with Gasteiger partial charge < -0.3 is 16.2 Å². The van der Waals surface area contributed by atoms with Gasteiger partial charge in [0.2, 0.25) is 5.60 Å². The molecule has 1 heterocycles. The highest BCUT2D eigenvalue weighted by atomic mass is 19.4. The van der Waals surface area contributed by atoms with Gasteiger partial charge in [-0.25, -0.2) is 13.8 Å². The van der Waals surface area contributed by atoms with Crippen molar-refractivity contribution in [3.63, 3.8) is 0 Å². The fourth-order valence-electron chi connectivity index (χ4n) is 2.46. The van der Waals surface area contributed by atoms with Crippen LogP contribution in [0.25, 0.3) is 0 Å². The maximum atomic E-state index is 14.0. The van der Waals surface area contributed by atoms with Gasteiger partial charge in [-0.3, -0.25) is 0 Å². The summed E-state index contributed by atoms with van der Waals surface area (Å²) in [6.07, 6.45) is -5.80. The molecule has 122 valence electrons. The summed E-state index contributed by atoms with van der Waals surface area (Å²) in [6.45, 7) is -0.674. The molecule has 1 aromatic carbocycles. The van der Waals surface area contributed by atoms with Crippen molar-refractivity contribution in [1.82, 2.24) is 0 Å². The van der Waals surface area contributed by atoms with Crippen LogP contribution in [0.1, 0.15) is 18.9 Å². The lowest BCUT2D eigenvalue weighted by molar-refractivity contribution is -0.258.